The average molecular weight is 344 g/mol. The predicted molar refractivity (Wildman–Crippen MR) is 99.0 cm³/mol. The van der Waals surface area contributed by atoms with Crippen molar-refractivity contribution in [1.29, 1.82) is 0 Å². The minimum atomic E-state index is -0.910. The van der Waals surface area contributed by atoms with Crippen LogP contribution < -0.4 is 10.6 Å². The molecule has 0 bridgehead atoms. The maximum Gasteiger partial charge on any atom is 0.315 e. The summed E-state index contributed by atoms with van der Waals surface area (Å²) in [6, 6.07) is 7.70. The van der Waals surface area contributed by atoms with Gasteiger partial charge < -0.3 is 15.7 Å². The number of hydrogen-bond acceptors (Lipinski definition) is 3. The lowest BCUT2D eigenvalue weighted by atomic mass is 9.89. The summed E-state index contributed by atoms with van der Waals surface area (Å²) < 4.78 is 1.76. The molecule has 1 aromatic carbocycles. The van der Waals surface area contributed by atoms with Crippen LogP contribution in [0.1, 0.15) is 32.8 Å². The third kappa shape index (κ3) is 5.32. The van der Waals surface area contributed by atoms with Crippen molar-refractivity contribution in [1.82, 2.24) is 20.4 Å². The standard InChI is InChI=1S/C19H28N4O2/c1-5-14(2)19(3,25)13-21-18(24)20-10-15-7-6-8-16(9-15)17-11-22-23(4)12-17/h6-9,11-12,14,25H,5,10,13H2,1-4H3,(H2,20,21,24). The van der Waals surface area contributed by atoms with E-state index < -0.39 is 5.60 Å². The Bertz CT molecular complexity index is 709. The van der Waals surface area contributed by atoms with Crippen molar-refractivity contribution in [3.8, 4) is 11.1 Å². The molecule has 2 aromatic rings. The number of nitrogens with zero attached hydrogens (tertiary/aromatic N) is 2. The zero-order valence-corrected chi connectivity index (χ0v) is 15.4. The van der Waals surface area contributed by atoms with E-state index in [0.717, 1.165) is 23.1 Å². The SMILES string of the molecule is CCC(C)C(C)(O)CNC(=O)NCc1cccc(-c2cnn(C)c2)c1. The molecule has 0 radical (unpaired) electrons. The largest absolute Gasteiger partial charge is 0.388 e. The summed E-state index contributed by atoms with van der Waals surface area (Å²) in [5.74, 6) is 0.115. The number of aryl methyl sites for hydroxylation is 1. The van der Waals surface area contributed by atoms with Gasteiger partial charge in [-0.3, -0.25) is 4.68 Å². The summed E-state index contributed by atoms with van der Waals surface area (Å²) in [7, 11) is 1.88. The topological polar surface area (TPSA) is 79.2 Å². The molecule has 3 N–H and O–H groups in total. The van der Waals surface area contributed by atoms with E-state index in [2.05, 4.69) is 15.7 Å². The first-order valence-corrected chi connectivity index (χ1v) is 8.64. The first-order chi connectivity index (χ1) is 11.8. The molecule has 0 spiro atoms. The highest BCUT2D eigenvalue weighted by Gasteiger charge is 2.27. The third-order valence-electron chi connectivity index (χ3n) is 4.70. The molecule has 0 saturated heterocycles. The van der Waals surface area contributed by atoms with Crippen molar-refractivity contribution in [3.63, 3.8) is 0 Å². The van der Waals surface area contributed by atoms with Crippen molar-refractivity contribution in [2.45, 2.75) is 39.3 Å². The predicted octanol–water partition coefficient (Wildman–Crippen LogP) is 2.68. The molecule has 1 heterocycles. The minimum absolute atomic E-state index is 0.115. The lowest BCUT2D eigenvalue weighted by Crippen LogP contribution is -2.47. The Morgan fingerprint density at radius 3 is 2.76 bits per heavy atom. The zero-order valence-electron chi connectivity index (χ0n) is 15.4. The van der Waals surface area contributed by atoms with Gasteiger partial charge in [0.15, 0.2) is 0 Å². The maximum atomic E-state index is 12.0. The van der Waals surface area contributed by atoms with E-state index in [-0.39, 0.29) is 18.5 Å². The molecule has 2 amide bonds. The molecule has 0 aliphatic rings. The van der Waals surface area contributed by atoms with Gasteiger partial charge in [0.1, 0.15) is 0 Å². The fourth-order valence-corrected chi connectivity index (χ4v) is 2.55. The highest BCUT2D eigenvalue weighted by Crippen LogP contribution is 2.20. The van der Waals surface area contributed by atoms with Gasteiger partial charge in [0, 0.05) is 31.9 Å². The highest BCUT2D eigenvalue weighted by molar-refractivity contribution is 5.74. The van der Waals surface area contributed by atoms with Crippen molar-refractivity contribution in [2.75, 3.05) is 6.54 Å². The molecule has 2 rings (SSSR count). The Kier molecular flexibility index (Phi) is 6.20. The van der Waals surface area contributed by atoms with Crippen molar-refractivity contribution in [2.24, 2.45) is 13.0 Å². The molecule has 136 valence electrons. The van der Waals surface area contributed by atoms with Gasteiger partial charge in [-0.2, -0.15) is 5.10 Å². The van der Waals surface area contributed by atoms with Crippen LogP contribution in [0.4, 0.5) is 4.79 Å². The van der Waals surface area contributed by atoms with Gasteiger partial charge in [0.25, 0.3) is 0 Å². The summed E-state index contributed by atoms with van der Waals surface area (Å²) in [6.07, 6.45) is 4.63. The fraction of sp³-hybridized carbons (Fsp3) is 0.474. The number of rotatable bonds is 7. The normalized spacial score (nSPS) is 14.6. The monoisotopic (exact) mass is 344 g/mol. The third-order valence-corrected chi connectivity index (χ3v) is 4.70. The molecular formula is C19H28N4O2. The molecule has 0 saturated carbocycles. The molecule has 0 fully saturated rings. The second-order valence-electron chi connectivity index (χ2n) is 6.81. The minimum Gasteiger partial charge on any atom is -0.388 e. The summed E-state index contributed by atoms with van der Waals surface area (Å²) in [4.78, 5) is 12.0. The van der Waals surface area contributed by atoms with Crippen LogP contribution in [0.2, 0.25) is 0 Å². The van der Waals surface area contributed by atoms with Gasteiger partial charge in [-0.15, -0.1) is 0 Å². The van der Waals surface area contributed by atoms with E-state index in [1.165, 1.54) is 0 Å². The van der Waals surface area contributed by atoms with Gasteiger partial charge in [0.05, 0.1) is 11.8 Å². The van der Waals surface area contributed by atoms with Gasteiger partial charge in [-0.25, -0.2) is 4.79 Å². The molecule has 0 aliphatic heterocycles. The van der Waals surface area contributed by atoms with Crippen LogP contribution >= 0.6 is 0 Å². The number of aliphatic hydroxyl groups is 1. The number of nitrogens with one attached hydrogen (secondary N) is 2. The van der Waals surface area contributed by atoms with Crippen molar-refractivity contribution < 1.29 is 9.90 Å². The molecule has 0 aliphatic carbocycles. The quantitative estimate of drug-likeness (QED) is 0.722. The summed E-state index contributed by atoms with van der Waals surface area (Å²) in [5.41, 5.74) is 2.20. The summed E-state index contributed by atoms with van der Waals surface area (Å²) in [5, 5.41) is 20.1. The van der Waals surface area contributed by atoms with Crippen molar-refractivity contribution in [3.05, 3.63) is 42.2 Å². The summed E-state index contributed by atoms with van der Waals surface area (Å²) >= 11 is 0. The maximum absolute atomic E-state index is 12.0. The number of carbonyl (C=O) groups is 1. The zero-order chi connectivity index (χ0) is 18.4. The van der Waals surface area contributed by atoms with Gasteiger partial charge in [-0.05, 0) is 30.0 Å². The molecule has 1 aromatic heterocycles. The Morgan fingerprint density at radius 2 is 2.12 bits per heavy atom. The van der Waals surface area contributed by atoms with Crippen LogP contribution in [0.3, 0.4) is 0 Å². The van der Waals surface area contributed by atoms with Gasteiger partial charge in [0.2, 0.25) is 0 Å². The number of carbonyl (C=O) groups excluding carboxylic acids is 1. The second kappa shape index (κ2) is 8.16. The molecule has 6 heteroatoms. The van der Waals surface area contributed by atoms with Crippen molar-refractivity contribution >= 4 is 6.03 Å². The number of amides is 2. The second-order valence-corrected chi connectivity index (χ2v) is 6.81. The van der Waals surface area contributed by atoms with E-state index in [1.54, 1.807) is 11.6 Å². The van der Waals surface area contributed by atoms with Crippen LogP contribution in [0.5, 0.6) is 0 Å². The fourth-order valence-electron chi connectivity index (χ4n) is 2.55. The molecule has 2 unspecified atom stereocenters. The lowest BCUT2D eigenvalue weighted by Gasteiger charge is -2.29. The Morgan fingerprint density at radius 1 is 1.36 bits per heavy atom. The van der Waals surface area contributed by atoms with E-state index >= 15 is 0 Å². The molecule has 25 heavy (non-hydrogen) atoms. The van der Waals surface area contributed by atoms with E-state index in [9.17, 15) is 9.90 Å². The number of benzene rings is 1. The van der Waals surface area contributed by atoms with Crippen LogP contribution in [-0.4, -0.2) is 33.1 Å². The number of urea groups is 1. The van der Waals surface area contributed by atoms with E-state index in [1.807, 2.05) is 57.6 Å². The van der Waals surface area contributed by atoms with Crippen LogP contribution in [0, 0.1) is 5.92 Å². The van der Waals surface area contributed by atoms with Crippen LogP contribution in [-0.2, 0) is 13.6 Å². The molecular weight excluding hydrogens is 316 g/mol. The number of aromatic nitrogens is 2. The molecule has 2 atom stereocenters. The molecule has 6 nitrogen and oxygen atoms in total. The first kappa shape index (κ1) is 19.0. The first-order valence-electron chi connectivity index (χ1n) is 8.64. The lowest BCUT2D eigenvalue weighted by molar-refractivity contribution is 0.00790. The van der Waals surface area contributed by atoms with Gasteiger partial charge >= 0.3 is 6.03 Å². The van der Waals surface area contributed by atoms with Crippen LogP contribution in [0.25, 0.3) is 11.1 Å². The Balaban J connectivity index is 1.88. The van der Waals surface area contributed by atoms with E-state index in [4.69, 9.17) is 0 Å². The highest BCUT2D eigenvalue weighted by atomic mass is 16.3. The van der Waals surface area contributed by atoms with E-state index in [0.29, 0.717) is 6.54 Å². The average Bonchev–Trinajstić information content (AvgIpc) is 3.04. The Hall–Kier alpha value is -2.34. The number of hydrogen-bond donors (Lipinski definition) is 3. The summed E-state index contributed by atoms with van der Waals surface area (Å²) in [6.45, 7) is 6.39. The Labute approximate surface area is 149 Å². The van der Waals surface area contributed by atoms with Gasteiger partial charge in [-0.1, -0.05) is 38.5 Å². The van der Waals surface area contributed by atoms with Crippen LogP contribution in [0.15, 0.2) is 36.7 Å². The smallest absolute Gasteiger partial charge is 0.315 e.